The topological polar surface area (TPSA) is 103 Å². The van der Waals surface area contributed by atoms with Crippen molar-refractivity contribution < 1.29 is 22.7 Å². The van der Waals surface area contributed by atoms with Gasteiger partial charge in [-0.15, -0.1) is 0 Å². The number of rotatable bonds is 13. The number of methoxy groups -OCH3 is 2. The molecular weight excluding hydrogens is 648 g/mol. The lowest BCUT2D eigenvalue weighted by Gasteiger charge is -2.23. The minimum atomic E-state index is -4.15. The molecule has 5 aromatic rings. The fourth-order valence-corrected chi connectivity index (χ4v) is 8.06. The van der Waals surface area contributed by atoms with Crippen LogP contribution < -0.4 is 14.8 Å². The van der Waals surface area contributed by atoms with Gasteiger partial charge in [0.25, 0.3) is 0 Å². The summed E-state index contributed by atoms with van der Waals surface area (Å²) in [5, 5.41) is 8.72. The molecule has 0 atom stereocenters. The number of hydrogen-bond donors (Lipinski definition) is 1. The molecule has 250 valence electrons. The van der Waals surface area contributed by atoms with Crippen LogP contribution in [0, 0.1) is 5.92 Å². The average molecular weight is 687 g/mol. The Labute approximate surface area is 286 Å². The van der Waals surface area contributed by atoms with Crippen LogP contribution in [0.2, 0.25) is 5.02 Å². The van der Waals surface area contributed by atoms with E-state index in [1.807, 2.05) is 65.5 Å². The maximum atomic E-state index is 14.8. The molecular formula is C37H39ClN4O5S. The lowest BCUT2D eigenvalue weighted by Crippen LogP contribution is -2.30. The van der Waals surface area contributed by atoms with Gasteiger partial charge in [0.05, 0.1) is 31.1 Å². The van der Waals surface area contributed by atoms with Crippen LogP contribution in [0.5, 0.6) is 11.5 Å². The third kappa shape index (κ3) is 7.84. The van der Waals surface area contributed by atoms with Crippen molar-refractivity contribution in [2.24, 2.45) is 5.92 Å². The number of halogens is 1. The van der Waals surface area contributed by atoms with E-state index in [1.54, 1.807) is 44.6 Å². The van der Waals surface area contributed by atoms with E-state index in [1.165, 1.54) is 17.1 Å². The van der Waals surface area contributed by atoms with Gasteiger partial charge < -0.3 is 14.8 Å². The molecule has 4 aromatic carbocycles. The Morgan fingerprint density at radius 3 is 2.10 bits per heavy atom. The summed E-state index contributed by atoms with van der Waals surface area (Å²) < 4.78 is 43.6. The standard InChI is InChI=1S/C37H39ClN4O5S/c1-46-31-15-11-27(12-16-31)23-42(24-28-13-17-32(47-2)18-14-28)48(44,45)36-21-30(39-37(43)19-29-9-5-6-10-34(29)38)20-35-33(36)25-41(40-35)22-26-7-3-4-8-26/h5-6,9-18,20-21,25-26H,3-4,7-8,19,22-24H2,1-2H3,(H,39,43). The van der Waals surface area contributed by atoms with Gasteiger partial charge in [-0.3, -0.25) is 9.48 Å². The molecule has 1 aromatic heterocycles. The number of nitrogens with one attached hydrogen (secondary N) is 1. The van der Waals surface area contributed by atoms with Crippen LogP contribution in [0.1, 0.15) is 42.4 Å². The van der Waals surface area contributed by atoms with Crippen molar-refractivity contribution in [3.05, 3.63) is 113 Å². The molecule has 1 aliphatic carbocycles. The van der Waals surface area contributed by atoms with Crippen molar-refractivity contribution in [3.8, 4) is 11.5 Å². The second-order valence-electron chi connectivity index (χ2n) is 12.2. The summed E-state index contributed by atoms with van der Waals surface area (Å²) >= 11 is 6.32. The highest BCUT2D eigenvalue weighted by molar-refractivity contribution is 7.89. The van der Waals surface area contributed by atoms with Crippen molar-refractivity contribution in [2.45, 2.75) is 56.6 Å². The smallest absolute Gasteiger partial charge is 0.244 e. The number of benzene rings is 4. The molecule has 0 unspecified atom stereocenters. The Kier molecular flexibility index (Phi) is 10.3. The summed E-state index contributed by atoms with van der Waals surface area (Å²) in [6.45, 7) is 0.933. The Balaban J connectivity index is 1.40. The van der Waals surface area contributed by atoms with E-state index in [0.29, 0.717) is 51.1 Å². The van der Waals surface area contributed by atoms with Gasteiger partial charge in [0.1, 0.15) is 11.5 Å². The van der Waals surface area contributed by atoms with Crippen LogP contribution >= 0.6 is 11.6 Å². The Morgan fingerprint density at radius 2 is 1.52 bits per heavy atom. The monoisotopic (exact) mass is 686 g/mol. The summed E-state index contributed by atoms with van der Waals surface area (Å²) in [6, 6.07) is 25.1. The molecule has 6 rings (SSSR count). The summed E-state index contributed by atoms with van der Waals surface area (Å²) in [7, 11) is -0.966. The van der Waals surface area contributed by atoms with E-state index in [-0.39, 0.29) is 30.3 Å². The number of aromatic nitrogens is 2. The number of carbonyl (C=O) groups excluding carboxylic acids is 1. The highest BCUT2D eigenvalue weighted by Crippen LogP contribution is 2.33. The normalized spacial score (nSPS) is 13.7. The molecule has 1 amide bonds. The largest absolute Gasteiger partial charge is 0.497 e. The maximum Gasteiger partial charge on any atom is 0.244 e. The fourth-order valence-electron chi connectivity index (χ4n) is 6.23. The van der Waals surface area contributed by atoms with E-state index < -0.39 is 10.0 Å². The molecule has 1 heterocycles. The lowest BCUT2D eigenvalue weighted by atomic mass is 10.1. The molecule has 9 nitrogen and oxygen atoms in total. The number of ether oxygens (including phenoxy) is 2. The summed E-state index contributed by atoms with van der Waals surface area (Å²) in [4.78, 5) is 13.3. The first-order valence-electron chi connectivity index (χ1n) is 16.0. The molecule has 0 bridgehead atoms. The van der Waals surface area contributed by atoms with Crippen LogP contribution in [0.25, 0.3) is 10.9 Å². The summed E-state index contributed by atoms with van der Waals surface area (Å²) in [5.41, 5.74) is 3.11. The SMILES string of the molecule is COc1ccc(CN(Cc2ccc(OC)cc2)S(=O)(=O)c2cc(NC(=O)Cc3ccccc3Cl)cc3nn(CC4CCCC4)cc23)cc1. The molecule has 1 N–H and O–H groups in total. The first-order valence-corrected chi connectivity index (χ1v) is 17.8. The third-order valence-electron chi connectivity index (χ3n) is 8.80. The van der Waals surface area contributed by atoms with Gasteiger partial charge in [0, 0.05) is 41.9 Å². The minimum absolute atomic E-state index is 0.0387. The van der Waals surface area contributed by atoms with Gasteiger partial charge in [0.2, 0.25) is 15.9 Å². The molecule has 11 heteroatoms. The van der Waals surface area contributed by atoms with Gasteiger partial charge in [-0.05, 0) is 77.9 Å². The molecule has 48 heavy (non-hydrogen) atoms. The number of amides is 1. The van der Waals surface area contributed by atoms with Crippen molar-refractivity contribution in [3.63, 3.8) is 0 Å². The first kappa shape index (κ1) is 33.5. The molecule has 0 radical (unpaired) electrons. The predicted octanol–water partition coefficient (Wildman–Crippen LogP) is 7.47. The number of anilines is 1. The number of sulfonamides is 1. The Morgan fingerprint density at radius 1 is 0.917 bits per heavy atom. The summed E-state index contributed by atoms with van der Waals surface area (Å²) in [6.07, 6.45) is 6.51. The van der Waals surface area contributed by atoms with Gasteiger partial charge in [-0.1, -0.05) is 66.9 Å². The van der Waals surface area contributed by atoms with E-state index >= 15 is 0 Å². The van der Waals surface area contributed by atoms with E-state index in [2.05, 4.69) is 5.32 Å². The number of carbonyl (C=O) groups is 1. The molecule has 1 fully saturated rings. The van der Waals surface area contributed by atoms with E-state index in [0.717, 1.165) is 24.0 Å². The number of nitrogens with zero attached hydrogens (tertiary/aromatic N) is 3. The molecule has 0 saturated heterocycles. The van der Waals surface area contributed by atoms with Crippen LogP contribution in [-0.4, -0.2) is 42.6 Å². The van der Waals surface area contributed by atoms with Gasteiger partial charge >= 0.3 is 0 Å². The van der Waals surface area contributed by atoms with Gasteiger partial charge in [-0.25, -0.2) is 8.42 Å². The fraction of sp³-hybridized carbons (Fsp3) is 0.297. The highest BCUT2D eigenvalue weighted by atomic mass is 35.5. The molecule has 1 aliphatic rings. The van der Waals surface area contributed by atoms with Crippen molar-refractivity contribution >= 4 is 44.1 Å². The quantitative estimate of drug-likeness (QED) is 0.138. The zero-order chi connectivity index (χ0) is 33.7. The van der Waals surface area contributed by atoms with Crippen molar-refractivity contribution in [1.29, 1.82) is 0 Å². The Hall–Kier alpha value is -4.38. The third-order valence-corrected chi connectivity index (χ3v) is 11.0. The van der Waals surface area contributed by atoms with Crippen LogP contribution in [-0.2, 0) is 40.9 Å². The van der Waals surface area contributed by atoms with Crippen LogP contribution in [0.15, 0.2) is 96.0 Å². The van der Waals surface area contributed by atoms with Gasteiger partial charge in [-0.2, -0.15) is 9.40 Å². The molecule has 0 spiro atoms. The highest BCUT2D eigenvalue weighted by Gasteiger charge is 2.29. The average Bonchev–Trinajstić information content (AvgIpc) is 3.75. The predicted molar refractivity (Wildman–Crippen MR) is 188 cm³/mol. The van der Waals surface area contributed by atoms with Crippen molar-refractivity contribution in [2.75, 3.05) is 19.5 Å². The number of hydrogen-bond acceptors (Lipinski definition) is 6. The van der Waals surface area contributed by atoms with Gasteiger partial charge in [0.15, 0.2) is 0 Å². The minimum Gasteiger partial charge on any atom is -0.497 e. The second kappa shape index (κ2) is 14.8. The zero-order valence-corrected chi connectivity index (χ0v) is 28.6. The molecule has 0 aliphatic heterocycles. The van der Waals surface area contributed by atoms with E-state index in [4.69, 9.17) is 26.2 Å². The lowest BCUT2D eigenvalue weighted by molar-refractivity contribution is -0.115. The number of fused-ring (bicyclic) bond motifs is 1. The Bertz CT molecular complexity index is 1940. The van der Waals surface area contributed by atoms with Crippen LogP contribution in [0.4, 0.5) is 5.69 Å². The molecule has 1 saturated carbocycles. The first-order chi connectivity index (χ1) is 23.2. The van der Waals surface area contributed by atoms with Crippen LogP contribution in [0.3, 0.4) is 0 Å². The van der Waals surface area contributed by atoms with E-state index in [9.17, 15) is 13.2 Å². The maximum absolute atomic E-state index is 14.8. The second-order valence-corrected chi connectivity index (χ2v) is 14.5. The summed E-state index contributed by atoms with van der Waals surface area (Å²) in [5.74, 6) is 1.54. The van der Waals surface area contributed by atoms with Crippen molar-refractivity contribution in [1.82, 2.24) is 14.1 Å². The zero-order valence-electron chi connectivity index (χ0n) is 27.1.